The summed E-state index contributed by atoms with van der Waals surface area (Å²) in [4.78, 5) is 0. The second kappa shape index (κ2) is 12.1. The van der Waals surface area contributed by atoms with Gasteiger partial charge < -0.3 is 0 Å². The fourth-order valence-corrected chi connectivity index (χ4v) is 9.41. The first-order valence-electron chi connectivity index (χ1n) is 19.3. The van der Waals surface area contributed by atoms with Gasteiger partial charge in [0.25, 0.3) is 0 Å². The maximum absolute atomic E-state index is 2.43. The van der Waals surface area contributed by atoms with Crippen molar-refractivity contribution in [3.63, 3.8) is 0 Å². The van der Waals surface area contributed by atoms with Crippen LogP contribution in [0.2, 0.25) is 0 Å². The van der Waals surface area contributed by atoms with Crippen molar-refractivity contribution < 1.29 is 0 Å². The highest BCUT2D eigenvalue weighted by molar-refractivity contribution is 6.22. The second-order valence-electron chi connectivity index (χ2n) is 15.7. The second-order valence-corrected chi connectivity index (χ2v) is 15.7. The monoisotopic (exact) mass is 698 g/mol. The summed E-state index contributed by atoms with van der Waals surface area (Å²) in [6.45, 7) is 4.70. The molecule has 1 aliphatic rings. The minimum Gasteiger partial charge on any atom is -0.0619 e. The van der Waals surface area contributed by atoms with Crippen LogP contribution in [-0.4, -0.2) is 0 Å². The first-order chi connectivity index (χ1) is 27.0. The van der Waals surface area contributed by atoms with Crippen molar-refractivity contribution in [2.75, 3.05) is 0 Å². The molecule has 0 amide bonds. The lowest BCUT2D eigenvalue weighted by Gasteiger charge is -2.22. The molecule has 258 valence electrons. The Balaban J connectivity index is 1.09. The van der Waals surface area contributed by atoms with Crippen molar-refractivity contribution in [3.8, 4) is 55.6 Å². The molecule has 0 aliphatic heterocycles. The molecule has 0 fully saturated rings. The van der Waals surface area contributed by atoms with Crippen LogP contribution in [-0.2, 0) is 5.41 Å². The Morgan fingerprint density at radius 3 is 1.35 bits per heavy atom. The SMILES string of the molecule is CC1(C)c2ccccc2-c2ccc(-c3ccc(-c4ccc5c(-c6ccc7ccccc7c6)c6ccccc6c(-c6ccc7ccccc7c6)c5c4)cc3)cc21. The molecule has 0 aromatic heterocycles. The van der Waals surface area contributed by atoms with E-state index < -0.39 is 0 Å². The summed E-state index contributed by atoms with van der Waals surface area (Å²) in [6.07, 6.45) is 0. The van der Waals surface area contributed by atoms with Crippen molar-refractivity contribution in [1.29, 1.82) is 0 Å². The van der Waals surface area contributed by atoms with Gasteiger partial charge in [0.1, 0.15) is 0 Å². The molecule has 55 heavy (non-hydrogen) atoms. The summed E-state index contributed by atoms with van der Waals surface area (Å²) in [6, 6.07) is 72.3. The van der Waals surface area contributed by atoms with Gasteiger partial charge in [-0.05, 0) is 134 Å². The maximum Gasteiger partial charge on any atom is 0.0159 e. The van der Waals surface area contributed by atoms with Crippen LogP contribution in [0.1, 0.15) is 25.0 Å². The zero-order valence-electron chi connectivity index (χ0n) is 31.0. The molecule has 0 atom stereocenters. The third kappa shape index (κ3) is 4.99. The van der Waals surface area contributed by atoms with Gasteiger partial charge in [-0.15, -0.1) is 0 Å². The van der Waals surface area contributed by atoms with E-state index in [4.69, 9.17) is 0 Å². The van der Waals surface area contributed by atoms with E-state index in [1.807, 2.05) is 0 Å². The summed E-state index contributed by atoms with van der Waals surface area (Å²) in [5.74, 6) is 0. The van der Waals surface area contributed by atoms with Crippen LogP contribution in [0.4, 0.5) is 0 Å². The predicted octanol–water partition coefficient (Wildman–Crippen LogP) is 15.3. The largest absolute Gasteiger partial charge is 0.0619 e. The lowest BCUT2D eigenvalue weighted by molar-refractivity contribution is 0.660. The zero-order valence-corrected chi connectivity index (χ0v) is 31.0. The molecule has 0 spiro atoms. The van der Waals surface area contributed by atoms with Crippen LogP contribution in [0.15, 0.2) is 194 Å². The Morgan fingerprint density at radius 1 is 0.273 bits per heavy atom. The molecular weight excluding hydrogens is 661 g/mol. The minimum absolute atomic E-state index is 0.0222. The standard InChI is InChI=1S/C55H38/c1-55(2)51-18-10-9-15-45(51)46-29-27-42(34-52(46)55)38-21-19-37(20-22-38)41-28-30-49-50(33-41)54(44-26-24-36-12-4-6-14-40(36)32-44)48-17-8-7-16-47(48)53(49)43-25-23-35-11-3-5-13-39(35)31-43/h3-34H,1-2H3. The molecule has 0 saturated heterocycles. The number of hydrogen-bond donors (Lipinski definition) is 0. The Morgan fingerprint density at radius 2 is 0.709 bits per heavy atom. The third-order valence-electron chi connectivity index (χ3n) is 12.2. The van der Waals surface area contributed by atoms with Crippen molar-refractivity contribution in [3.05, 3.63) is 205 Å². The van der Waals surface area contributed by atoms with Crippen molar-refractivity contribution in [2.24, 2.45) is 0 Å². The van der Waals surface area contributed by atoms with Gasteiger partial charge in [0.15, 0.2) is 0 Å². The molecule has 1 aliphatic carbocycles. The fourth-order valence-electron chi connectivity index (χ4n) is 9.41. The normalized spacial score (nSPS) is 13.1. The lowest BCUT2D eigenvalue weighted by Crippen LogP contribution is -2.14. The molecular formula is C55H38. The number of rotatable bonds is 4. The molecule has 0 heteroatoms. The van der Waals surface area contributed by atoms with E-state index in [-0.39, 0.29) is 5.41 Å². The molecule has 0 bridgehead atoms. The van der Waals surface area contributed by atoms with E-state index in [1.165, 1.54) is 110 Å². The number of fused-ring (bicyclic) bond motifs is 7. The quantitative estimate of drug-likeness (QED) is 0.161. The van der Waals surface area contributed by atoms with Gasteiger partial charge in [-0.3, -0.25) is 0 Å². The average molecular weight is 699 g/mol. The van der Waals surface area contributed by atoms with Crippen LogP contribution < -0.4 is 0 Å². The molecule has 0 N–H and O–H groups in total. The summed E-state index contributed by atoms with van der Waals surface area (Å²) in [5.41, 5.74) is 15.5. The highest BCUT2D eigenvalue weighted by Crippen LogP contribution is 2.50. The van der Waals surface area contributed by atoms with Crippen LogP contribution in [0.25, 0.3) is 98.7 Å². The summed E-state index contributed by atoms with van der Waals surface area (Å²) < 4.78 is 0. The van der Waals surface area contributed by atoms with Crippen molar-refractivity contribution >= 4 is 43.1 Å². The highest BCUT2D eigenvalue weighted by Gasteiger charge is 2.35. The third-order valence-corrected chi connectivity index (χ3v) is 12.2. The first-order valence-corrected chi connectivity index (χ1v) is 19.3. The molecule has 0 heterocycles. The Kier molecular flexibility index (Phi) is 7.00. The van der Waals surface area contributed by atoms with Gasteiger partial charge in [0, 0.05) is 5.41 Å². The highest BCUT2D eigenvalue weighted by atomic mass is 14.4. The summed E-state index contributed by atoms with van der Waals surface area (Å²) in [5, 5.41) is 10.1. The van der Waals surface area contributed by atoms with E-state index in [1.54, 1.807) is 0 Å². The Bertz CT molecular complexity index is 3160. The van der Waals surface area contributed by atoms with Gasteiger partial charge in [0.05, 0.1) is 0 Å². The smallest absolute Gasteiger partial charge is 0.0159 e. The van der Waals surface area contributed by atoms with Crippen LogP contribution in [0.3, 0.4) is 0 Å². The van der Waals surface area contributed by atoms with E-state index >= 15 is 0 Å². The molecule has 10 aromatic carbocycles. The van der Waals surface area contributed by atoms with E-state index in [9.17, 15) is 0 Å². The Labute approximate surface area is 322 Å². The summed E-state index contributed by atoms with van der Waals surface area (Å²) in [7, 11) is 0. The van der Waals surface area contributed by atoms with Crippen LogP contribution in [0.5, 0.6) is 0 Å². The van der Waals surface area contributed by atoms with Gasteiger partial charge >= 0.3 is 0 Å². The average Bonchev–Trinajstić information content (AvgIpc) is 3.47. The molecule has 10 aromatic rings. The topological polar surface area (TPSA) is 0 Å². The number of benzene rings is 10. The van der Waals surface area contributed by atoms with Crippen LogP contribution >= 0.6 is 0 Å². The predicted molar refractivity (Wildman–Crippen MR) is 236 cm³/mol. The van der Waals surface area contributed by atoms with Gasteiger partial charge in [0.2, 0.25) is 0 Å². The van der Waals surface area contributed by atoms with E-state index in [0.717, 1.165) is 0 Å². The van der Waals surface area contributed by atoms with Gasteiger partial charge in [-0.2, -0.15) is 0 Å². The van der Waals surface area contributed by atoms with E-state index in [2.05, 4.69) is 208 Å². The van der Waals surface area contributed by atoms with E-state index in [0.29, 0.717) is 0 Å². The number of hydrogen-bond acceptors (Lipinski definition) is 0. The fraction of sp³-hybridized carbons (Fsp3) is 0.0545. The molecule has 0 unspecified atom stereocenters. The molecule has 0 nitrogen and oxygen atoms in total. The Hall–Kier alpha value is -6.76. The minimum atomic E-state index is -0.0222. The summed E-state index contributed by atoms with van der Waals surface area (Å²) >= 11 is 0. The molecule has 11 rings (SSSR count). The van der Waals surface area contributed by atoms with Gasteiger partial charge in [-0.25, -0.2) is 0 Å². The first kappa shape index (κ1) is 31.7. The van der Waals surface area contributed by atoms with Crippen LogP contribution in [0, 0.1) is 0 Å². The maximum atomic E-state index is 2.43. The van der Waals surface area contributed by atoms with Gasteiger partial charge in [-0.1, -0.05) is 184 Å². The zero-order chi connectivity index (χ0) is 36.7. The molecule has 0 saturated carbocycles. The van der Waals surface area contributed by atoms with Crippen molar-refractivity contribution in [2.45, 2.75) is 19.3 Å². The molecule has 0 radical (unpaired) electrons. The van der Waals surface area contributed by atoms with Crippen molar-refractivity contribution in [1.82, 2.24) is 0 Å². The lowest BCUT2D eigenvalue weighted by atomic mass is 9.81.